The van der Waals surface area contributed by atoms with Crippen LogP contribution in [0.15, 0.2) is 42.5 Å². The van der Waals surface area contributed by atoms with Crippen LogP contribution in [0.5, 0.6) is 5.75 Å². The van der Waals surface area contributed by atoms with E-state index in [0.717, 1.165) is 25.7 Å². The summed E-state index contributed by atoms with van der Waals surface area (Å²) >= 11 is 6.24. The topological polar surface area (TPSA) is 73.8 Å². The first-order valence-electron chi connectivity index (χ1n) is 11.9. The first-order chi connectivity index (χ1) is 16.3. The number of rotatable bonds is 8. The zero-order chi connectivity index (χ0) is 24.3. The first kappa shape index (κ1) is 24.8. The molecule has 2 aliphatic rings. The second-order valence-electron chi connectivity index (χ2n) is 9.66. The van der Waals surface area contributed by atoms with Gasteiger partial charge in [-0.05, 0) is 51.3 Å². The van der Waals surface area contributed by atoms with Crippen LogP contribution >= 0.6 is 11.6 Å². The Morgan fingerprint density at radius 3 is 2.59 bits per heavy atom. The Morgan fingerprint density at radius 2 is 1.97 bits per heavy atom. The van der Waals surface area contributed by atoms with Crippen LogP contribution in [0.3, 0.4) is 0 Å². The molecule has 34 heavy (non-hydrogen) atoms. The molecule has 6 nitrogen and oxygen atoms in total. The lowest BCUT2D eigenvalue weighted by atomic mass is 9.72. The highest BCUT2D eigenvalue weighted by Gasteiger charge is 2.38. The van der Waals surface area contributed by atoms with Gasteiger partial charge in [-0.2, -0.15) is 0 Å². The lowest BCUT2D eigenvalue weighted by Crippen LogP contribution is -2.45. The number of aliphatic carboxylic acids is 1. The van der Waals surface area contributed by atoms with Crippen LogP contribution in [0.1, 0.15) is 37.7 Å². The van der Waals surface area contributed by atoms with Gasteiger partial charge in [-0.25, -0.2) is 4.39 Å². The molecule has 2 aromatic rings. The molecule has 3 N–H and O–H groups in total. The van der Waals surface area contributed by atoms with Gasteiger partial charge in [0.1, 0.15) is 23.7 Å². The van der Waals surface area contributed by atoms with Crippen LogP contribution in [0.4, 0.5) is 10.1 Å². The molecular formula is C26H33ClFN3O3. The Kier molecular flexibility index (Phi) is 7.65. The predicted molar refractivity (Wildman–Crippen MR) is 132 cm³/mol. The van der Waals surface area contributed by atoms with Gasteiger partial charge in [0.25, 0.3) is 0 Å². The highest BCUT2D eigenvalue weighted by Crippen LogP contribution is 2.43. The largest absolute Gasteiger partial charge is 0.489 e. The van der Waals surface area contributed by atoms with E-state index in [4.69, 9.17) is 21.4 Å². The molecule has 1 saturated carbocycles. The summed E-state index contributed by atoms with van der Waals surface area (Å²) in [6, 6.07) is 13.0. The molecule has 0 bridgehead atoms. The zero-order valence-electron chi connectivity index (χ0n) is 19.7. The highest BCUT2D eigenvalue weighted by molar-refractivity contribution is 6.33. The van der Waals surface area contributed by atoms with E-state index in [1.165, 1.54) is 11.6 Å². The fourth-order valence-corrected chi connectivity index (χ4v) is 5.47. The number of nitrogens with one attached hydrogen (secondary N) is 2. The number of hydrogen-bond acceptors (Lipinski definition) is 5. The van der Waals surface area contributed by atoms with E-state index in [1.807, 2.05) is 0 Å². The molecule has 184 valence electrons. The Labute approximate surface area is 205 Å². The zero-order valence-corrected chi connectivity index (χ0v) is 20.4. The van der Waals surface area contributed by atoms with E-state index >= 15 is 0 Å². The summed E-state index contributed by atoms with van der Waals surface area (Å²) in [5, 5.41) is 15.4. The molecule has 0 unspecified atom stereocenters. The number of hydrogen-bond donors (Lipinski definition) is 3. The van der Waals surface area contributed by atoms with Crippen molar-refractivity contribution >= 4 is 23.3 Å². The van der Waals surface area contributed by atoms with Crippen molar-refractivity contribution in [3.05, 3.63) is 58.9 Å². The van der Waals surface area contributed by atoms with Gasteiger partial charge in [-0.15, -0.1) is 0 Å². The summed E-state index contributed by atoms with van der Waals surface area (Å²) in [5.74, 6) is -0.659. The Bertz CT molecular complexity index is 996. The molecule has 1 aliphatic heterocycles. The maximum atomic E-state index is 14.5. The summed E-state index contributed by atoms with van der Waals surface area (Å²) in [6.45, 7) is 1.11. The van der Waals surface area contributed by atoms with E-state index in [0.29, 0.717) is 36.9 Å². The maximum absolute atomic E-state index is 14.5. The van der Waals surface area contributed by atoms with Crippen LogP contribution in [0.25, 0.3) is 0 Å². The lowest BCUT2D eigenvalue weighted by molar-refractivity contribution is -0.139. The fraction of sp³-hybridized carbons (Fsp3) is 0.500. The second kappa shape index (κ2) is 10.5. The van der Waals surface area contributed by atoms with E-state index in [-0.39, 0.29) is 16.7 Å². The first-order valence-corrected chi connectivity index (χ1v) is 12.2. The molecule has 1 heterocycles. The van der Waals surface area contributed by atoms with Crippen molar-refractivity contribution in [2.75, 3.05) is 32.5 Å². The Hall–Kier alpha value is -2.35. The quantitative estimate of drug-likeness (QED) is 0.497. The molecule has 2 fully saturated rings. The molecule has 0 aromatic heterocycles. The SMILES string of the molecule is CN(C)C1(c2ccccc2)CCC(CNc2cc(O[C@@H]3CN[C@H](C(=O)O)C3)cc(F)c2Cl)CC1. The minimum absolute atomic E-state index is 0.0401. The van der Waals surface area contributed by atoms with Crippen LogP contribution in [-0.2, 0) is 10.3 Å². The van der Waals surface area contributed by atoms with Gasteiger partial charge in [0.2, 0.25) is 0 Å². The summed E-state index contributed by atoms with van der Waals surface area (Å²) in [5.41, 5.74) is 1.90. The number of carbonyl (C=O) groups is 1. The average molecular weight is 490 g/mol. The third-order valence-electron chi connectivity index (χ3n) is 7.37. The predicted octanol–water partition coefficient (Wildman–Crippen LogP) is 4.73. The number of anilines is 1. The van der Waals surface area contributed by atoms with Crippen molar-refractivity contribution in [2.45, 2.75) is 49.8 Å². The summed E-state index contributed by atoms with van der Waals surface area (Å²) in [7, 11) is 4.30. The van der Waals surface area contributed by atoms with E-state index in [1.54, 1.807) is 6.07 Å². The van der Waals surface area contributed by atoms with E-state index in [2.05, 4.69) is 60.0 Å². The average Bonchev–Trinajstić information content (AvgIpc) is 3.30. The van der Waals surface area contributed by atoms with Crippen molar-refractivity contribution in [2.24, 2.45) is 5.92 Å². The summed E-state index contributed by atoms with van der Waals surface area (Å²) in [6.07, 6.45) is 4.23. The number of benzene rings is 2. The third-order valence-corrected chi connectivity index (χ3v) is 7.76. The van der Waals surface area contributed by atoms with Crippen LogP contribution in [0, 0.1) is 11.7 Å². The minimum Gasteiger partial charge on any atom is -0.489 e. The van der Waals surface area contributed by atoms with Crippen molar-refractivity contribution in [3.8, 4) is 5.75 Å². The smallest absolute Gasteiger partial charge is 0.320 e. The number of carboxylic acid groups (broad SMARTS) is 1. The molecule has 2 atom stereocenters. The molecule has 1 aliphatic carbocycles. The minimum atomic E-state index is -0.909. The van der Waals surface area contributed by atoms with Gasteiger partial charge >= 0.3 is 5.97 Å². The molecule has 1 saturated heterocycles. The van der Waals surface area contributed by atoms with Gasteiger partial charge in [0, 0.05) is 37.2 Å². The third kappa shape index (κ3) is 5.32. The summed E-state index contributed by atoms with van der Waals surface area (Å²) in [4.78, 5) is 13.5. The molecule has 2 aromatic carbocycles. The van der Waals surface area contributed by atoms with E-state index < -0.39 is 17.8 Å². The standard InChI is InChI=1S/C26H33ClFN3O3/c1-31(2)26(18-6-4-3-5-7-18)10-8-17(9-11-26)15-29-22-13-19(12-21(28)24(22)27)34-20-14-23(25(32)33)30-16-20/h3-7,12-13,17,20,23,29-30H,8-11,14-16H2,1-2H3,(H,32,33)/t17?,20-,23-,26?/m0/s1. The molecule has 0 spiro atoms. The van der Waals surface area contributed by atoms with Crippen LogP contribution in [-0.4, -0.2) is 55.3 Å². The fourth-order valence-electron chi connectivity index (χ4n) is 5.29. The van der Waals surface area contributed by atoms with Gasteiger partial charge < -0.3 is 20.5 Å². The molecular weight excluding hydrogens is 457 g/mol. The van der Waals surface area contributed by atoms with Crippen LogP contribution < -0.4 is 15.4 Å². The second-order valence-corrected chi connectivity index (χ2v) is 10.0. The van der Waals surface area contributed by atoms with Crippen molar-refractivity contribution < 1.29 is 19.0 Å². The molecule has 8 heteroatoms. The molecule has 4 rings (SSSR count). The Balaban J connectivity index is 1.37. The monoisotopic (exact) mass is 489 g/mol. The molecule has 0 amide bonds. The number of ether oxygens (including phenoxy) is 1. The normalized spacial score (nSPS) is 27.0. The van der Waals surface area contributed by atoms with E-state index in [9.17, 15) is 9.18 Å². The van der Waals surface area contributed by atoms with Gasteiger partial charge in [0.15, 0.2) is 0 Å². The van der Waals surface area contributed by atoms with Crippen molar-refractivity contribution in [3.63, 3.8) is 0 Å². The van der Waals surface area contributed by atoms with Gasteiger partial charge in [-0.3, -0.25) is 9.69 Å². The lowest BCUT2D eigenvalue weighted by Gasteiger charge is -2.45. The van der Waals surface area contributed by atoms with Gasteiger partial charge in [-0.1, -0.05) is 41.9 Å². The van der Waals surface area contributed by atoms with Crippen molar-refractivity contribution in [1.82, 2.24) is 10.2 Å². The number of nitrogens with zero attached hydrogens (tertiary/aromatic N) is 1. The van der Waals surface area contributed by atoms with Gasteiger partial charge in [0.05, 0.1) is 10.7 Å². The number of carboxylic acids is 1. The Morgan fingerprint density at radius 1 is 1.26 bits per heavy atom. The summed E-state index contributed by atoms with van der Waals surface area (Å²) < 4.78 is 20.4. The number of halogens is 2. The van der Waals surface area contributed by atoms with Crippen molar-refractivity contribution in [1.29, 1.82) is 0 Å². The highest BCUT2D eigenvalue weighted by atomic mass is 35.5. The van der Waals surface area contributed by atoms with Crippen LogP contribution in [0.2, 0.25) is 5.02 Å². The molecule has 0 radical (unpaired) electrons. The maximum Gasteiger partial charge on any atom is 0.320 e.